The van der Waals surface area contributed by atoms with Gasteiger partial charge in [-0.2, -0.15) is 0 Å². The second-order valence-electron chi connectivity index (χ2n) is 9.75. The molecule has 208 valence electrons. The van der Waals surface area contributed by atoms with Crippen LogP contribution in [0.4, 0.5) is 5.69 Å². The lowest BCUT2D eigenvalue weighted by Gasteiger charge is -2.33. The molecule has 7 nitrogen and oxygen atoms in total. The maximum Gasteiger partial charge on any atom is 0.264 e. The number of benzene rings is 3. The summed E-state index contributed by atoms with van der Waals surface area (Å²) in [6.07, 6.45) is 1.34. The SMILES string of the molecule is CCc1ccccc1N(CC(=O)N(Cc1ccccc1C)[C@H](C)C(=O)N[C@@H](C)CC)S(=O)(=O)c1ccccc1. The molecular formula is C31H39N3O4S. The van der Waals surface area contributed by atoms with Gasteiger partial charge in [0, 0.05) is 12.6 Å². The zero-order valence-corrected chi connectivity index (χ0v) is 24.2. The van der Waals surface area contributed by atoms with Gasteiger partial charge in [-0.05, 0) is 68.5 Å². The highest BCUT2D eigenvalue weighted by Crippen LogP contribution is 2.28. The molecule has 0 aliphatic carbocycles. The molecule has 3 rings (SSSR count). The topological polar surface area (TPSA) is 86.8 Å². The van der Waals surface area contributed by atoms with Crippen LogP contribution in [-0.4, -0.2) is 43.8 Å². The molecule has 1 N–H and O–H groups in total. The fourth-order valence-corrected chi connectivity index (χ4v) is 5.78. The lowest BCUT2D eigenvalue weighted by atomic mass is 10.1. The average Bonchev–Trinajstić information content (AvgIpc) is 2.95. The number of nitrogens with one attached hydrogen (secondary N) is 1. The van der Waals surface area contributed by atoms with Gasteiger partial charge in [0.05, 0.1) is 10.6 Å². The summed E-state index contributed by atoms with van der Waals surface area (Å²) in [4.78, 5) is 28.8. The third kappa shape index (κ3) is 7.26. The smallest absolute Gasteiger partial charge is 0.264 e. The van der Waals surface area contributed by atoms with E-state index in [1.165, 1.54) is 21.3 Å². The van der Waals surface area contributed by atoms with Gasteiger partial charge in [-0.15, -0.1) is 0 Å². The van der Waals surface area contributed by atoms with Crippen LogP contribution in [0, 0.1) is 6.92 Å². The predicted octanol–water partition coefficient (Wildman–Crippen LogP) is 5.08. The van der Waals surface area contributed by atoms with Gasteiger partial charge in [0.1, 0.15) is 12.6 Å². The lowest BCUT2D eigenvalue weighted by molar-refractivity contribution is -0.139. The average molecular weight is 550 g/mol. The van der Waals surface area contributed by atoms with Crippen molar-refractivity contribution in [3.63, 3.8) is 0 Å². The van der Waals surface area contributed by atoms with Gasteiger partial charge >= 0.3 is 0 Å². The van der Waals surface area contributed by atoms with Gasteiger partial charge in [0.15, 0.2) is 0 Å². The summed E-state index contributed by atoms with van der Waals surface area (Å²) >= 11 is 0. The fourth-order valence-electron chi connectivity index (χ4n) is 4.31. The van der Waals surface area contributed by atoms with Gasteiger partial charge in [-0.3, -0.25) is 13.9 Å². The molecule has 3 aromatic rings. The van der Waals surface area contributed by atoms with Crippen LogP contribution in [0.3, 0.4) is 0 Å². The van der Waals surface area contributed by atoms with Crippen LogP contribution in [0.1, 0.15) is 50.8 Å². The Bertz CT molecular complexity index is 1380. The number of hydrogen-bond donors (Lipinski definition) is 1. The Kier molecular flexibility index (Phi) is 10.3. The quantitative estimate of drug-likeness (QED) is 0.341. The Morgan fingerprint density at radius 1 is 0.846 bits per heavy atom. The van der Waals surface area contributed by atoms with Crippen molar-refractivity contribution in [3.05, 3.63) is 95.6 Å². The molecule has 0 radical (unpaired) electrons. The Morgan fingerprint density at radius 2 is 1.44 bits per heavy atom. The lowest BCUT2D eigenvalue weighted by Crippen LogP contribution is -2.52. The third-order valence-corrected chi connectivity index (χ3v) is 8.80. The number of para-hydroxylation sites is 1. The van der Waals surface area contributed by atoms with E-state index in [9.17, 15) is 18.0 Å². The highest BCUT2D eigenvalue weighted by atomic mass is 32.2. The van der Waals surface area contributed by atoms with Crippen molar-refractivity contribution >= 4 is 27.5 Å². The van der Waals surface area contributed by atoms with Crippen LogP contribution in [0.15, 0.2) is 83.8 Å². The van der Waals surface area contributed by atoms with Crippen molar-refractivity contribution in [1.82, 2.24) is 10.2 Å². The van der Waals surface area contributed by atoms with Crippen molar-refractivity contribution < 1.29 is 18.0 Å². The van der Waals surface area contributed by atoms with E-state index >= 15 is 0 Å². The summed E-state index contributed by atoms with van der Waals surface area (Å²) in [5, 5.41) is 2.96. The maximum absolute atomic E-state index is 14.1. The van der Waals surface area contributed by atoms with Crippen molar-refractivity contribution in [2.45, 2.75) is 71.0 Å². The van der Waals surface area contributed by atoms with E-state index in [4.69, 9.17) is 0 Å². The normalized spacial score (nSPS) is 12.8. The Morgan fingerprint density at radius 3 is 2.05 bits per heavy atom. The van der Waals surface area contributed by atoms with E-state index < -0.39 is 28.5 Å². The largest absolute Gasteiger partial charge is 0.352 e. The second-order valence-corrected chi connectivity index (χ2v) is 11.6. The van der Waals surface area contributed by atoms with Crippen LogP contribution < -0.4 is 9.62 Å². The number of nitrogens with zero attached hydrogens (tertiary/aromatic N) is 2. The highest BCUT2D eigenvalue weighted by Gasteiger charge is 2.33. The summed E-state index contributed by atoms with van der Waals surface area (Å²) in [6.45, 7) is 9.20. The Labute approximate surface area is 232 Å². The molecule has 2 amide bonds. The van der Waals surface area contributed by atoms with Gasteiger partial charge in [0.2, 0.25) is 11.8 Å². The third-order valence-electron chi connectivity index (χ3n) is 7.02. The number of anilines is 1. The molecule has 0 spiro atoms. The monoisotopic (exact) mass is 549 g/mol. The molecular weight excluding hydrogens is 510 g/mol. The zero-order chi connectivity index (χ0) is 28.6. The van der Waals surface area contributed by atoms with Crippen LogP contribution in [0.5, 0.6) is 0 Å². The standard InChI is InChI=1S/C31H39N3O4S/c1-6-24(4)32-31(36)25(5)33(21-27-17-12-11-15-23(27)3)30(35)22-34(29-20-14-13-16-26(29)7-2)39(37,38)28-18-9-8-10-19-28/h8-20,24-25H,6-7,21-22H2,1-5H3,(H,32,36)/t24-,25+/m0/s1. The summed E-state index contributed by atoms with van der Waals surface area (Å²) < 4.78 is 29.0. The predicted molar refractivity (Wildman–Crippen MR) is 156 cm³/mol. The van der Waals surface area contributed by atoms with E-state index in [1.807, 2.05) is 64.1 Å². The molecule has 0 aromatic heterocycles. The van der Waals surface area contributed by atoms with Crippen molar-refractivity contribution in [3.8, 4) is 0 Å². The summed E-state index contributed by atoms with van der Waals surface area (Å²) in [5.74, 6) is -0.742. The van der Waals surface area contributed by atoms with Crippen molar-refractivity contribution in [2.24, 2.45) is 0 Å². The molecule has 0 aliphatic rings. The van der Waals surface area contributed by atoms with E-state index in [0.717, 1.165) is 23.1 Å². The van der Waals surface area contributed by atoms with Crippen LogP contribution in [0.2, 0.25) is 0 Å². The summed E-state index contributed by atoms with van der Waals surface area (Å²) in [7, 11) is -4.08. The van der Waals surface area contributed by atoms with Crippen LogP contribution in [-0.2, 0) is 32.6 Å². The first-order chi connectivity index (χ1) is 18.6. The van der Waals surface area contributed by atoms with Gasteiger partial charge < -0.3 is 10.2 Å². The summed E-state index contributed by atoms with van der Waals surface area (Å²) in [6, 6.07) is 22.1. The number of carbonyl (C=O) groups excluding carboxylic acids is 2. The number of amides is 2. The highest BCUT2D eigenvalue weighted by molar-refractivity contribution is 7.92. The second kappa shape index (κ2) is 13.4. The zero-order valence-electron chi connectivity index (χ0n) is 23.4. The molecule has 0 heterocycles. The number of hydrogen-bond acceptors (Lipinski definition) is 4. The van der Waals surface area contributed by atoms with Crippen LogP contribution >= 0.6 is 0 Å². The first-order valence-electron chi connectivity index (χ1n) is 13.4. The van der Waals surface area contributed by atoms with Gasteiger partial charge in [-0.1, -0.05) is 74.5 Å². The molecule has 0 saturated carbocycles. The number of rotatable bonds is 12. The molecule has 3 aromatic carbocycles. The van der Waals surface area contributed by atoms with Gasteiger partial charge in [-0.25, -0.2) is 8.42 Å². The van der Waals surface area contributed by atoms with E-state index in [-0.39, 0.29) is 23.4 Å². The minimum Gasteiger partial charge on any atom is -0.352 e. The minimum absolute atomic E-state index is 0.0539. The van der Waals surface area contributed by atoms with E-state index in [2.05, 4.69) is 5.32 Å². The molecule has 39 heavy (non-hydrogen) atoms. The van der Waals surface area contributed by atoms with Crippen molar-refractivity contribution in [2.75, 3.05) is 10.8 Å². The Balaban J connectivity index is 2.06. The molecule has 0 saturated heterocycles. The Hall–Kier alpha value is -3.65. The molecule has 2 atom stereocenters. The van der Waals surface area contributed by atoms with Crippen LogP contribution in [0.25, 0.3) is 0 Å². The molecule has 0 bridgehead atoms. The number of sulfonamides is 1. The first-order valence-corrected chi connectivity index (χ1v) is 14.8. The van der Waals surface area contributed by atoms with Gasteiger partial charge in [0.25, 0.3) is 10.0 Å². The fraction of sp³-hybridized carbons (Fsp3) is 0.355. The molecule has 0 aliphatic heterocycles. The van der Waals surface area contributed by atoms with E-state index in [0.29, 0.717) is 12.1 Å². The van der Waals surface area contributed by atoms with Crippen molar-refractivity contribution in [1.29, 1.82) is 0 Å². The van der Waals surface area contributed by atoms with E-state index in [1.54, 1.807) is 37.3 Å². The number of carbonyl (C=O) groups is 2. The number of aryl methyl sites for hydroxylation is 2. The molecule has 0 fully saturated rings. The first kappa shape index (κ1) is 29.9. The molecule has 8 heteroatoms. The summed E-state index contributed by atoms with van der Waals surface area (Å²) in [5.41, 5.74) is 3.12. The minimum atomic E-state index is -4.08. The molecule has 0 unspecified atom stereocenters. The maximum atomic E-state index is 14.1.